The number of aromatic nitrogens is 3. The van der Waals surface area contributed by atoms with Crippen molar-refractivity contribution in [3.05, 3.63) is 47.7 Å². The third-order valence-electron chi connectivity index (χ3n) is 10.2. The zero-order valence-corrected chi connectivity index (χ0v) is 27.0. The van der Waals surface area contributed by atoms with E-state index in [9.17, 15) is 23.5 Å². The molecule has 7 rings (SSSR count). The van der Waals surface area contributed by atoms with Gasteiger partial charge in [-0.15, -0.1) is 0 Å². The number of rotatable bonds is 9. The molecule has 2 N–H and O–H groups in total. The van der Waals surface area contributed by atoms with E-state index in [2.05, 4.69) is 25.2 Å². The quantitative estimate of drug-likeness (QED) is 0.243. The van der Waals surface area contributed by atoms with Crippen LogP contribution < -0.4 is 10.1 Å². The van der Waals surface area contributed by atoms with E-state index in [4.69, 9.17) is 4.74 Å². The molecule has 252 valence electrons. The van der Waals surface area contributed by atoms with Crippen molar-refractivity contribution in [1.82, 2.24) is 24.8 Å². The number of hydrogen-bond acceptors (Lipinski definition) is 9. The summed E-state index contributed by atoms with van der Waals surface area (Å²) in [6.45, 7) is 4.69. The lowest BCUT2D eigenvalue weighted by atomic mass is 9.94. The Bertz CT molecular complexity index is 1960. The van der Waals surface area contributed by atoms with Gasteiger partial charge in [0.15, 0.2) is 5.82 Å². The summed E-state index contributed by atoms with van der Waals surface area (Å²) in [5, 5.41) is 15.0. The van der Waals surface area contributed by atoms with Gasteiger partial charge < -0.3 is 15.2 Å². The molecule has 4 aromatic rings. The number of carbonyl (C=O) groups is 2. The summed E-state index contributed by atoms with van der Waals surface area (Å²) in [7, 11) is 1.45. The smallest absolute Gasteiger partial charge is 0.319 e. The van der Waals surface area contributed by atoms with Crippen LogP contribution in [0.3, 0.4) is 0 Å². The second-order valence-corrected chi connectivity index (χ2v) is 13.3. The van der Waals surface area contributed by atoms with E-state index in [1.54, 1.807) is 6.92 Å². The lowest BCUT2D eigenvalue weighted by molar-refractivity contribution is -0.142. The van der Waals surface area contributed by atoms with Crippen LogP contribution in [0.15, 0.2) is 30.5 Å². The van der Waals surface area contributed by atoms with Gasteiger partial charge in [0.05, 0.1) is 10.9 Å². The Balaban J connectivity index is 1.28. The van der Waals surface area contributed by atoms with Crippen LogP contribution in [0.25, 0.3) is 32.9 Å². The van der Waals surface area contributed by atoms with E-state index < -0.39 is 23.3 Å². The van der Waals surface area contributed by atoms with Gasteiger partial charge in [-0.25, -0.2) is 13.2 Å². The number of alkyl halides is 1. The minimum Gasteiger partial charge on any atom is -0.508 e. The summed E-state index contributed by atoms with van der Waals surface area (Å²) < 4.78 is 52.2. The van der Waals surface area contributed by atoms with Crippen molar-refractivity contribution in [3.8, 4) is 23.0 Å². The molecule has 0 spiro atoms. The average molecular weight is 663 g/mol. The summed E-state index contributed by atoms with van der Waals surface area (Å²) in [5.74, 6) is -2.14. The molecule has 0 bridgehead atoms. The van der Waals surface area contributed by atoms with Gasteiger partial charge in [-0.1, -0.05) is 13.0 Å². The zero-order chi connectivity index (χ0) is 33.9. The highest BCUT2D eigenvalue weighted by Crippen LogP contribution is 2.43. The highest BCUT2D eigenvalue weighted by molar-refractivity contribution is 6.02. The lowest BCUT2D eigenvalue weighted by Gasteiger charge is -2.30. The van der Waals surface area contributed by atoms with Gasteiger partial charge in [0.2, 0.25) is 11.8 Å². The fourth-order valence-electron chi connectivity index (χ4n) is 7.51. The van der Waals surface area contributed by atoms with Crippen LogP contribution in [-0.2, 0) is 16.0 Å². The van der Waals surface area contributed by atoms with E-state index in [0.29, 0.717) is 48.7 Å². The van der Waals surface area contributed by atoms with Crippen LogP contribution >= 0.6 is 0 Å². The second-order valence-electron chi connectivity index (χ2n) is 13.3. The largest absolute Gasteiger partial charge is 0.508 e. The van der Waals surface area contributed by atoms with Crippen molar-refractivity contribution in [2.45, 2.75) is 57.7 Å². The van der Waals surface area contributed by atoms with Crippen LogP contribution in [0.2, 0.25) is 0 Å². The van der Waals surface area contributed by atoms with Crippen molar-refractivity contribution in [2.24, 2.45) is 11.8 Å². The maximum atomic E-state index is 16.7. The molecule has 2 saturated heterocycles. The molecule has 0 radical (unpaired) electrons. The number of carbonyl (C=O) groups excluding carboxylic acids is 2. The number of phenolic OH excluding ortho intramolecular Hbond substituents is 1. The first-order chi connectivity index (χ1) is 23.0. The number of aryl methyl sites for hydroxylation is 1. The second kappa shape index (κ2) is 12.2. The number of fused-ring (bicyclic) bond motifs is 3. The third kappa shape index (κ3) is 5.57. The number of ether oxygens (including phenoxy) is 1. The number of anilines is 1. The summed E-state index contributed by atoms with van der Waals surface area (Å²) in [4.78, 5) is 41.0. The molecule has 2 aromatic heterocycles. The Morgan fingerprint density at radius 1 is 1.23 bits per heavy atom. The van der Waals surface area contributed by atoms with E-state index in [-0.39, 0.29) is 70.0 Å². The minimum absolute atomic E-state index is 0.0716. The Morgan fingerprint density at radius 2 is 2.04 bits per heavy atom. The first kappa shape index (κ1) is 32.0. The van der Waals surface area contributed by atoms with Gasteiger partial charge in [-0.2, -0.15) is 9.97 Å². The normalized spacial score (nSPS) is 23.4. The molecular formula is C35H37F3N6O4. The number of halogens is 3. The topological polar surface area (TPSA) is 121 Å². The maximum Gasteiger partial charge on any atom is 0.319 e. The molecule has 4 atom stereocenters. The van der Waals surface area contributed by atoms with Crippen LogP contribution in [0.1, 0.15) is 45.1 Å². The van der Waals surface area contributed by atoms with Crippen LogP contribution in [0.5, 0.6) is 11.8 Å². The number of aromatic hydroxyl groups is 1. The Morgan fingerprint density at radius 3 is 2.81 bits per heavy atom. The first-order valence-corrected chi connectivity index (χ1v) is 16.3. The van der Waals surface area contributed by atoms with Crippen molar-refractivity contribution >= 4 is 39.3 Å². The number of nitrogens with zero attached hydrogens (tertiary/aromatic N) is 5. The van der Waals surface area contributed by atoms with Crippen molar-refractivity contribution < 1.29 is 32.6 Å². The van der Waals surface area contributed by atoms with Gasteiger partial charge >= 0.3 is 6.01 Å². The van der Waals surface area contributed by atoms with Gasteiger partial charge in [0.25, 0.3) is 0 Å². The molecule has 10 nitrogen and oxygen atoms in total. The summed E-state index contributed by atoms with van der Waals surface area (Å²) in [5.41, 5.74) is -0.140. The van der Waals surface area contributed by atoms with Gasteiger partial charge in [0.1, 0.15) is 41.4 Å². The SMILES string of the molecule is CCc1c(F)ccc2cc(O)cc(-c3ncc4c(NC[C@@H]5C[C@H]5C(=O)N(C)C(C)=O)nc(OC[C@@]56CCCN5C[C@H](F)C6)nc4c3F)c12. The molecule has 3 fully saturated rings. The highest BCUT2D eigenvalue weighted by atomic mass is 19.1. The molecule has 1 saturated carbocycles. The Kier molecular flexibility index (Phi) is 8.13. The fourth-order valence-corrected chi connectivity index (χ4v) is 7.51. The van der Waals surface area contributed by atoms with Crippen molar-refractivity contribution in [1.29, 1.82) is 0 Å². The molecule has 13 heteroatoms. The molecule has 3 aliphatic rings. The van der Waals surface area contributed by atoms with Crippen LogP contribution in [-0.4, -0.2) is 86.7 Å². The molecule has 2 aliphatic heterocycles. The predicted octanol–water partition coefficient (Wildman–Crippen LogP) is 5.40. The van der Waals surface area contributed by atoms with Gasteiger partial charge in [0, 0.05) is 51.2 Å². The number of nitrogens with one attached hydrogen (secondary N) is 1. The zero-order valence-electron chi connectivity index (χ0n) is 27.0. The number of phenols is 1. The lowest BCUT2D eigenvalue weighted by Crippen LogP contribution is -2.43. The molecule has 2 amide bonds. The Hall–Kier alpha value is -4.52. The Labute approximate surface area is 275 Å². The fraction of sp³-hybridized carbons (Fsp3) is 0.457. The molecule has 4 heterocycles. The third-order valence-corrected chi connectivity index (χ3v) is 10.2. The van der Waals surface area contributed by atoms with Crippen LogP contribution in [0.4, 0.5) is 19.0 Å². The number of pyridine rings is 1. The molecular weight excluding hydrogens is 625 g/mol. The highest BCUT2D eigenvalue weighted by Gasteiger charge is 2.49. The number of hydrogen-bond donors (Lipinski definition) is 2. The monoisotopic (exact) mass is 662 g/mol. The molecule has 48 heavy (non-hydrogen) atoms. The first-order valence-electron chi connectivity index (χ1n) is 16.3. The number of benzene rings is 2. The number of amides is 2. The van der Waals surface area contributed by atoms with E-state index in [0.717, 1.165) is 24.3 Å². The predicted molar refractivity (Wildman–Crippen MR) is 173 cm³/mol. The minimum atomic E-state index is -0.957. The molecule has 2 aromatic carbocycles. The van der Waals surface area contributed by atoms with E-state index in [1.165, 1.54) is 44.4 Å². The molecule has 0 unspecified atom stereocenters. The summed E-state index contributed by atoms with van der Waals surface area (Å²) in [6, 6.07) is 5.60. The number of imide groups is 1. The van der Waals surface area contributed by atoms with Gasteiger partial charge in [-0.05, 0) is 72.7 Å². The van der Waals surface area contributed by atoms with Crippen molar-refractivity contribution in [3.63, 3.8) is 0 Å². The maximum absolute atomic E-state index is 16.7. The van der Waals surface area contributed by atoms with E-state index >= 15 is 4.39 Å². The standard InChI is InChI=1S/C35H37F3N6O4/c1-4-23-27(37)7-6-19-10-22(46)12-25(28(19)23)30-29(38)31-26(15-39-30)32(40-14-20-11-24(20)33(47)43(3)18(2)45)42-34(41-31)48-17-35-8-5-9-44(35)16-21(36)13-35/h6-7,10,12,15,20-21,24,46H,4-5,8-9,11,13-14,16-17H2,1-3H3,(H,40,41,42)/t20-,21+,24+,35-/m0/s1. The average Bonchev–Trinajstić information content (AvgIpc) is 3.64. The van der Waals surface area contributed by atoms with Crippen molar-refractivity contribution in [2.75, 3.05) is 38.6 Å². The van der Waals surface area contributed by atoms with Gasteiger partial charge in [-0.3, -0.25) is 24.4 Å². The molecule has 1 aliphatic carbocycles. The summed E-state index contributed by atoms with van der Waals surface area (Å²) in [6.07, 6.45) is 3.39. The van der Waals surface area contributed by atoms with Crippen LogP contribution in [0, 0.1) is 23.5 Å². The summed E-state index contributed by atoms with van der Waals surface area (Å²) >= 11 is 0. The van der Waals surface area contributed by atoms with E-state index in [1.807, 2.05) is 0 Å².